The molecule has 0 spiro atoms. The largest absolute Gasteiger partial charge is 0.338 e. The standard InChI is InChI=1S/C9H18N2O2/c1-7(12)5-6-10-8(13)11-9(2,3)4/h5-6H2,1-4H3,(H2,10,11,13). The number of hydrogen-bond donors (Lipinski definition) is 2. The van der Waals surface area contributed by atoms with Crippen molar-refractivity contribution < 1.29 is 9.59 Å². The third-order valence-electron chi connectivity index (χ3n) is 1.25. The zero-order chi connectivity index (χ0) is 10.5. The van der Waals surface area contributed by atoms with Crippen LogP contribution in [0.4, 0.5) is 4.79 Å². The Kier molecular flexibility index (Phi) is 4.45. The summed E-state index contributed by atoms with van der Waals surface area (Å²) in [6.45, 7) is 7.60. The molecular formula is C9H18N2O2. The Morgan fingerprint density at radius 1 is 1.23 bits per heavy atom. The van der Waals surface area contributed by atoms with Gasteiger partial charge in [-0.25, -0.2) is 4.79 Å². The predicted octanol–water partition coefficient (Wildman–Crippen LogP) is 1.06. The smallest absolute Gasteiger partial charge is 0.315 e. The minimum absolute atomic E-state index is 0.0797. The fraction of sp³-hybridized carbons (Fsp3) is 0.778. The molecule has 13 heavy (non-hydrogen) atoms. The SMILES string of the molecule is CC(=O)CCNC(=O)NC(C)(C)C. The molecule has 0 aliphatic heterocycles. The minimum Gasteiger partial charge on any atom is -0.338 e. The van der Waals surface area contributed by atoms with E-state index in [1.54, 1.807) is 0 Å². The second-order valence-corrected chi connectivity index (χ2v) is 4.08. The first-order valence-electron chi connectivity index (χ1n) is 4.37. The number of urea groups is 1. The van der Waals surface area contributed by atoms with E-state index in [2.05, 4.69) is 10.6 Å². The van der Waals surface area contributed by atoms with Crippen molar-refractivity contribution in [2.24, 2.45) is 0 Å². The number of amides is 2. The van der Waals surface area contributed by atoms with Crippen LogP contribution in [0.5, 0.6) is 0 Å². The van der Waals surface area contributed by atoms with Crippen molar-refractivity contribution >= 4 is 11.8 Å². The van der Waals surface area contributed by atoms with Gasteiger partial charge in [0, 0.05) is 18.5 Å². The van der Waals surface area contributed by atoms with Gasteiger partial charge in [-0.15, -0.1) is 0 Å². The molecule has 2 N–H and O–H groups in total. The van der Waals surface area contributed by atoms with Gasteiger partial charge >= 0.3 is 6.03 Å². The number of carbonyl (C=O) groups is 2. The van der Waals surface area contributed by atoms with E-state index in [1.165, 1.54) is 6.92 Å². The lowest BCUT2D eigenvalue weighted by molar-refractivity contribution is -0.116. The molecule has 4 heteroatoms. The first-order chi connectivity index (χ1) is 5.81. The Balaban J connectivity index is 3.59. The number of Topliss-reactive ketones (excluding diaryl/α,β-unsaturated/α-hetero) is 1. The van der Waals surface area contributed by atoms with Crippen LogP contribution in [0, 0.1) is 0 Å². The summed E-state index contributed by atoms with van der Waals surface area (Å²) >= 11 is 0. The average molecular weight is 186 g/mol. The summed E-state index contributed by atoms with van der Waals surface area (Å²) in [5.41, 5.74) is -0.236. The first kappa shape index (κ1) is 11.9. The highest BCUT2D eigenvalue weighted by atomic mass is 16.2. The summed E-state index contributed by atoms with van der Waals surface area (Å²) in [6, 6.07) is -0.228. The number of hydrogen-bond acceptors (Lipinski definition) is 2. The van der Waals surface area contributed by atoms with Crippen LogP contribution in [0.15, 0.2) is 0 Å². The number of nitrogens with one attached hydrogen (secondary N) is 2. The Morgan fingerprint density at radius 2 is 1.77 bits per heavy atom. The van der Waals surface area contributed by atoms with Crippen molar-refractivity contribution in [2.75, 3.05) is 6.54 Å². The van der Waals surface area contributed by atoms with Gasteiger partial charge < -0.3 is 10.6 Å². The zero-order valence-corrected chi connectivity index (χ0v) is 8.73. The van der Waals surface area contributed by atoms with Crippen molar-refractivity contribution in [1.29, 1.82) is 0 Å². The number of rotatable bonds is 3. The van der Waals surface area contributed by atoms with Crippen LogP contribution < -0.4 is 10.6 Å². The second-order valence-electron chi connectivity index (χ2n) is 4.08. The van der Waals surface area contributed by atoms with Crippen molar-refractivity contribution in [3.63, 3.8) is 0 Å². The third-order valence-corrected chi connectivity index (χ3v) is 1.25. The summed E-state index contributed by atoms with van der Waals surface area (Å²) in [6.07, 6.45) is 0.386. The van der Waals surface area contributed by atoms with E-state index in [1.807, 2.05) is 20.8 Å². The third kappa shape index (κ3) is 8.85. The van der Waals surface area contributed by atoms with Gasteiger partial charge in [-0.1, -0.05) is 0 Å². The summed E-state index contributed by atoms with van der Waals surface area (Å²) in [7, 11) is 0. The van der Waals surface area contributed by atoms with E-state index in [0.717, 1.165) is 0 Å². The van der Waals surface area contributed by atoms with Crippen LogP contribution in [0.3, 0.4) is 0 Å². The quantitative estimate of drug-likeness (QED) is 0.692. The lowest BCUT2D eigenvalue weighted by atomic mass is 10.1. The zero-order valence-electron chi connectivity index (χ0n) is 8.73. The second kappa shape index (κ2) is 4.84. The maximum Gasteiger partial charge on any atom is 0.315 e. The fourth-order valence-electron chi connectivity index (χ4n) is 0.737. The number of ketones is 1. The monoisotopic (exact) mass is 186 g/mol. The van der Waals surface area contributed by atoms with E-state index < -0.39 is 0 Å². The maximum atomic E-state index is 11.1. The van der Waals surface area contributed by atoms with Crippen molar-refractivity contribution in [1.82, 2.24) is 10.6 Å². The summed E-state index contributed by atoms with van der Waals surface area (Å²) in [5.74, 6) is 0.0797. The minimum atomic E-state index is -0.236. The van der Waals surface area contributed by atoms with E-state index in [0.29, 0.717) is 13.0 Å². The molecule has 0 unspecified atom stereocenters. The van der Waals surface area contributed by atoms with Crippen molar-refractivity contribution in [3.05, 3.63) is 0 Å². The molecule has 0 saturated heterocycles. The van der Waals surface area contributed by atoms with Gasteiger partial charge in [0.15, 0.2) is 0 Å². The van der Waals surface area contributed by atoms with Crippen LogP contribution in [-0.4, -0.2) is 23.9 Å². The topological polar surface area (TPSA) is 58.2 Å². The molecule has 0 rings (SSSR count). The highest BCUT2D eigenvalue weighted by Gasteiger charge is 2.12. The lowest BCUT2D eigenvalue weighted by Gasteiger charge is -2.20. The molecule has 0 saturated carbocycles. The van der Waals surface area contributed by atoms with Gasteiger partial charge in [-0.3, -0.25) is 4.79 Å². The lowest BCUT2D eigenvalue weighted by Crippen LogP contribution is -2.46. The van der Waals surface area contributed by atoms with Crippen LogP contribution in [0.1, 0.15) is 34.1 Å². The van der Waals surface area contributed by atoms with Gasteiger partial charge in [0.2, 0.25) is 0 Å². The summed E-state index contributed by atoms with van der Waals surface area (Å²) < 4.78 is 0. The van der Waals surface area contributed by atoms with E-state index in [-0.39, 0.29) is 17.4 Å². The molecule has 2 amide bonds. The van der Waals surface area contributed by atoms with E-state index in [9.17, 15) is 9.59 Å². The van der Waals surface area contributed by atoms with Crippen LogP contribution in [0.2, 0.25) is 0 Å². The molecule has 0 fully saturated rings. The molecule has 0 heterocycles. The van der Waals surface area contributed by atoms with Crippen molar-refractivity contribution in [2.45, 2.75) is 39.7 Å². The van der Waals surface area contributed by atoms with E-state index in [4.69, 9.17) is 0 Å². The Hall–Kier alpha value is -1.06. The van der Waals surface area contributed by atoms with Gasteiger partial charge in [0.1, 0.15) is 5.78 Å². The number of carbonyl (C=O) groups excluding carboxylic acids is 2. The molecule has 0 aromatic carbocycles. The van der Waals surface area contributed by atoms with Gasteiger partial charge in [-0.2, -0.15) is 0 Å². The molecule has 0 aromatic rings. The first-order valence-corrected chi connectivity index (χ1v) is 4.37. The highest BCUT2D eigenvalue weighted by molar-refractivity contribution is 5.78. The Bertz CT molecular complexity index is 194. The molecule has 0 bridgehead atoms. The Morgan fingerprint density at radius 3 is 2.15 bits per heavy atom. The van der Waals surface area contributed by atoms with Crippen LogP contribution >= 0.6 is 0 Å². The Labute approximate surface area is 79.1 Å². The molecule has 0 aliphatic rings. The fourth-order valence-corrected chi connectivity index (χ4v) is 0.737. The van der Waals surface area contributed by atoms with Gasteiger partial charge in [0.05, 0.1) is 0 Å². The molecule has 4 nitrogen and oxygen atoms in total. The molecule has 0 atom stereocenters. The van der Waals surface area contributed by atoms with Crippen LogP contribution in [-0.2, 0) is 4.79 Å². The highest BCUT2D eigenvalue weighted by Crippen LogP contribution is 1.97. The predicted molar refractivity (Wildman–Crippen MR) is 51.6 cm³/mol. The van der Waals surface area contributed by atoms with Gasteiger partial charge in [-0.05, 0) is 27.7 Å². The summed E-state index contributed by atoms with van der Waals surface area (Å²) in [5, 5.41) is 5.33. The van der Waals surface area contributed by atoms with Gasteiger partial charge in [0.25, 0.3) is 0 Å². The summed E-state index contributed by atoms with van der Waals surface area (Å²) in [4.78, 5) is 21.6. The molecule has 0 aliphatic carbocycles. The van der Waals surface area contributed by atoms with E-state index >= 15 is 0 Å². The van der Waals surface area contributed by atoms with Crippen molar-refractivity contribution in [3.8, 4) is 0 Å². The molecular weight excluding hydrogens is 168 g/mol. The average Bonchev–Trinajstić information content (AvgIpc) is 1.81. The maximum absolute atomic E-state index is 11.1. The molecule has 0 radical (unpaired) electrons. The molecule has 0 aromatic heterocycles. The normalized spacial score (nSPS) is 10.8. The van der Waals surface area contributed by atoms with Crippen LogP contribution in [0.25, 0.3) is 0 Å². The molecule has 76 valence electrons.